The second-order valence-electron chi connectivity index (χ2n) is 15.6. The van der Waals surface area contributed by atoms with Crippen LogP contribution in [0.3, 0.4) is 0 Å². The van der Waals surface area contributed by atoms with E-state index >= 15 is 0 Å². The van der Waals surface area contributed by atoms with Crippen molar-refractivity contribution >= 4 is 86.0 Å². The summed E-state index contributed by atoms with van der Waals surface area (Å²) in [5.74, 6) is 1.71. The first-order valence-corrected chi connectivity index (χ1v) is 21.2. The zero-order valence-electron chi connectivity index (χ0n) is 32.6. The fourth-order valence-electron chi connectivity index (χ4n) is 9.17. The lowest BCUT2D eigenvalue weighted by Gasteiger charge is -2.15. The number of para-hydroxylation sites is 2. The molecule has 4 aromatic heterocycles. The van der Waals surface area contributed by atoms with Crippen LogP contribution in [0.1, 0.15) is 0 Å². The Hall–Kier alpha value is -7.93. The van der Waals surface area contributed by atoms with Crippen molar-refractivity contribution < 1.29 is 4.42 Å². The van der Waals surface area contributed by atoms with Gasteiger partial charge in [0.2, 0.25) is 0 Å². The van der Waals surface area contributed by atoms with Gasteiger partial charge in [-0.05, 0) is 76.5 Å². The van der Waals surface area contributed by atoms with Gasteiger partial charge < -0.3 is 8.98 Å². The molecule has 0 unspecified atom stereocenters. The summed E-state index contributed by atoms with van der Waals surface area (Å²) in [5.41, 5.74) is 9.48. The number of aromatic nitrogens is 4. The molecule has 6 heteroatoms. The van der Waals surface area contributed by atoms with Crippen LogP contribution < -0.4 is 0 Å². The lowest BCUT2D eigenvalue weighted by Crippen LogP contribution is -2.04. The monoisotopic (exact) mass is 796 g/mol. The van der Waals surface area contributed by atoms with E-state index in [2.05, 4.69) is 180 Å². The van der Waals surface area contributed by atoms with Crippen LogP contribution in [-0.4, -0.2) is 19.5 Å². The van der Waals surface area contributed by atoms with Gasteiger partial charge in [0, 0.05) is 52.8 Å². The molecule has 0 N–H and O–H groups in total. The third-order valence-electron chi connectivity index (χ3n) is 12.0. The lowest BCUT2D eigenvalue weighted by atomic mass is 10.0. The van der Waals surface area contributed by atoms with Crippen LogP contribution in [0.15, 0.2) is 199 Å². The molecule has 0 amide bonds. The average Bonchev–Trinajstić information content (AvgIpc) is 3.99. The molecule has 61 heavy (non-hydrogen) atoms. The van der Waals surface area contributed by atoms with Crippen molar-refractivity contribution in [3.05, 3.63) is 194 Å². The number of furan rings is 1. The maximum atomic E-state index is 6.92. The first-order chi connectivity index (χ1) is 30.2. The molecule has 13 rings (SSSR count). The van der Waals surface area contributed by atoms with E-state index in [0.29, 0.717) is 17.5 Å². The smallest absolute Gasteiger partial charge is 0.170 e. The molecule has 0 aliphatic rings. The van der Waals surface area contributed by atoms with Gasteiger partial charge in [0.1, 0.15) is 11.2 Å². The van der Waals surface area contributed by atoms with Crippen molar-refractivity contribution in [3.63, 3.8) is 0 Å². The van der Waals surface area contributed by atoms with E-state index in [0.717, 1.165) is 66.5 Å². The fraction of sp³-hybridized carbons (Fsp3) is 0. The summed E-state index contributed by atoms with van der Waals surface area (Å²) in [6.07, 6.45) is 0. The quantitative estimate of drug-likeness (QED) is 0.174. The van der Waals surface area contributed by atoms with Crippen LogP contribution in [0.25, 0.3) is 126 Å². The molecule has 13 aromatic rings. The molecule has 4 heterocycles. The van der Waals surface area contributed by atoms with Gasteiger partial charge in [-0.1, -0.05) is 140 Å². The minimum absolute atomic E-state index is 0.535. The van der Waals surface area contributed by atoms with E-state index in [4.69, 9.17) is 19.4 Å². The van der Waals surface area contributed by atoms with Crippen LogP contribution in [0.5, 0.6) is 0 Å². The predicted octanol–water partition coefficient (Wildman–Crippen LogP) is 15.1. The fourth-order valence-corrected chi connectivity index (χ4v) is 10.3. The summed E-state index contributed by atoms with van der Waals surface area (Å²) in [5, 5.41) is 9.24. The molecule has 0 fully saturated rings. The third kappa shape index (κ3) is 5.36. The molecule has 0 atom stereocenters. The van der Waals surface area contributed by atoms with Crippen LogP contribution in [0.2, 0.25) is 0 Å². The van der Waals surface area contributed by atoms with Crippen molar-refractivity contribution in [2.24, 2.45) is 0 Å². The largest absolute Gasteiger partial charge is 0.455 e. The third-order valence-corrected chi connectivity index (χ3v) is 13.2. The Bertz CT molecular complexity index is 3900. The molecule has 0 saturated heterocycles. The molecule has 0 aliphatic carbocycles. The van der Waals surface area contributed by atoms with Gasteiger partial charge in [-0.25, -0.2) is 15.0 Å². The van der Waals surface area contributed by atoms with Gasteiger partial charge in [-0.2, -0.15) is 0 Å². The maximum Gasteiger partial charge on any atom is 0.170 e. The molecule has 9 aromatic carbocycles. The molecule has 284 valence electrons. The average molecular weight is 797 g/mol. The highest BCUT2D eigenvalue weighted by molar-refractivity contribution is 7.25. The Morgan fingerprint density at radius 3 is 1.89 bits per heavy atom. The summed E-state index contributed by atoms with van der Waals surface area (Å²) in [7, 11) is 0. The Morgan fingerprint density at radius 1 is 0.377 bits per heavy atom. The summed E-state index contributed by atoms with van der Waals surface area (Å²) in [4.78, 5) is 16.2. The molecule has 0 radical (unpaired) electrons. The number of nitrogens with zero attached hydrogens (tertiary/aromatic N) is 4. The van der Waals surface area contributed by atoms with E-state index in [1.165, 1.54) is 41.7 Å². The number of thiophene rings is 1. The van der Waals surface area contributed by atoms with Crippen molar-refractivity contribution in [1.82, 2.24) is 19.5 Å². The van der Waals surface area contributed by atoms with E-state index < -0.39 is 0 Å². The van der Waals surface area contributed by atoms with Crippen LogP contribution >= 0.6 is 11.3 Å². The van der Waals surface area contributed by atoms with Crippen molar-refractivity contribution in [1.29, 1.82) is 0 Å². The number of hydrogen-bond donors (Lipinski definition) is 0. The standard InChI is InChI=1S/C55H32N4OS/c1-2-13-33(14-3-1)34-17-12-18-37(29-34)53-56-54(38-25-26-42-41-21-8-11-24-49(41)61-50(42)32-38)58-55(57-53)51-46(28-27-43-40-20-7-10-23-48(40)60-52(43)51)59-45-22-9-6-19-39(45)44-30-35-15-4-5-16-36(35)31-47(44)59/h1-32H. The normalized spacial score (nSPS) is 11.9. The molecule has 0 aliphatic heterocycles. The zero-order valence-corrected chi connectivity index (χ0v) is 33.4. The van der Waals surface area contributed by atoms with Crippen LogP contribution in [-0.2, 0) is 0 Å². The number of hydrogen-bond acceptors (Lipinski definition) is 5. The summed E-state index contributed by atoms with van der Waals surface area (Å²) in [6, 6.07) is 68.5. The van der Waals surface area contributed by atoms with E-state index in [1.807, 2.05) is 18.2 Å². The highest BCUT2D eigenvalue weighted by Crippen LogP contribution is 2.44. The predicted molar refractivity (Wildman–Crippen MR) is 254 cm³/mol. The van der Waals surface area contributed by atoms with Crippen LogP contribution in [0.4, 0.5) is 0 Å². The van der Waals surface area contributed by atoms with E-state index in [1.54, 1.807) is 11.3 Å². The SMILES string of the molecule is c1ccc(-c2cccc(-c3nc(-c4ccc5c(c4)sc4ccccc45)nc(-c4c(-n5c6ccccc6c6cc7ccccc7cc65)ccc5c4oc4ccccc45)n3)c2)cc1. The van der Waals surface area contributed by atoms with E-state index in [-0.39, 0.29) is 0 Å². The lowest BCUT2D eigenvalue weighted by molar-refractivity contribution is 0.669. The molecule has 5 nitrogen and oxygen atoms in total. The van der Waals surface area contributed by atoms with E-state index in [9.17, 15) is 0 Å². The number of rotatable bonds is 5. The van der Waals surface area contributed by atoms with Gasteiger partial charge in [0.05, 0.1) is 22.3 Å². The Labute approximate surface area is 353 Å². The summed E-state index contributed by atoms with van der Waals surface area (Å²) >= 11 is 1.79. The molecular formula is C55H32N4OS. The van der Waals surface area contributed by atoms with Gasteiger partial charge in [-0.3, -0.25) is 0 Å². The van der Waals surface area contributed by atoms with Gasteiger partial charge in [0.15, 0.2) is 17.5 Å². The molecule has 0 spiro atoms. The topological polar surface area (TPSA) is 56.7 Å². The molecule has 0 saturated carbocycles. The second-order valence-corrected chi connectivity index (χ2v) is 16.6. The van der Waals surface area contributed by atoms with Gasteiger partial charge in [-0.15, -0.1) is 11.3 Å². The van der Waals surface area contributed by atoms with Crippen molar-refractivity contribution in [3.8, 4) is 51.0 Å². The first-order valence-electron chi connectivity index (χ1n) is 20.4. The van der Waals surface area contributed by atoms with Crippen molar-refractivity contribution in [2.75, 3.05) is 0 Å². The highest BCUT2D eigenvalue weighted by Gasteiger charge is 2.25. The minimum Gasteiger partial charge on any atom is -0.455 e. The molecule has 0 bridgehead atoms. The highest BCUT2D eigenvalue weighted by atomic mass is 32.1. The zero-order chi connectivity index (χ0) is 40.0. The summed E-state index contributed by atoms with van der Waals surface area (Å²) < 4.78 is 11.7. The Balaban J connectivity index is 1.13. The van der Waals surface area contributed by atoms with Crippen LogP contribution in [0, 0.1) is 0 Å². The number of benzene rings is 9. The first kappa shape index (κ1) is 34.0. The number of fused-ring (bicyclic) bond motifs is 10. The van der Waals surface area contributed by atoms with Crippen molar-refractivity contribution in [2.45, 2.75) is 0 Å². The van der Waals surface area contributed by atoms with Gasteiger partial charge >= 0.3 is 0 Å². The Morgan fingerprint density at radius 2 is 1.02 bits per heavy atom. The minimum atomic E-state index is 0.535. The van der Waals surface area contributed by atoms with Gasteiger partial charge in [0.25, 0.3) is 0 Å². The molecular weight excluding hydrogens is 765 g/mol. The maximum absolute atomic E-state index is 6.92. The Kier molecular flexibility index (Phi) is 7.41. The summed E-state index contributed by atoms with van der Waals surface area (Å²) in [6.45, 7) is 0. The second kappa shape index (κ2) is 13.3.